The van der Waals surface area contributed by atoms with E-state index in [1.807, 2.05) is 6.07 Å². The Morgan fingerprint density at radius 3 is 2.67 bits per heavy atom. The summed E-state index contributed by atoms with van der Waals surface area (Å²) < 4.78 is 1.62. The van der Waals surface area contributed by atoms with Gasteiger partial charge in [-0.1, -0.05) is 11.6 Å². The zero-order chi connectivity index (χ0) is 20.9. The highest BCUT2D eigenvalue weighted by atomic mass is 35.5. The van der Waals surface area contributed by atoms with Crippen molar-refractivity contribution in [2.75, 3.05) is 29.9 Å². The predicted molar refractivity (Wildman–Crippen MR) is 113 cm³/mol. The lowest BCUT2D eigenvalue weighted by Gasteiger charge is -2.16. The molecule has 3 heterocycles. The lowest BCUT2D eigenvalue weighted by Crippen LogP contribution is -2.35. The van der Waals surface area contributed by atoms with Gasteiger partial charge in [0.2, 0.25) is 11.8 Å². The van der Waals surface area contributed by atoms with Crippen LogP contribution in [-0.2, 0) is 9.59 Å². The number of hydrogen-bond donors (Lipinski definition) is 2. The monoisotopic (exact) mass is 425 g/mol. The number of benzene rings is 1. The van der Waals surface area contributed by atoms with Crippen molar-refractivity contribution >= 4 is 34.9 Å². The molecule has 10 heteroatoms. The molecule has 1 fully saturated rings. The summed E-state index contributed by atoms with van der Waals surface area (Å²) >= 11 is 5.89. The number of aromatic nitrogens is 4. The number of nitrogens with one attached hydrogen (secondary N) is 2. The molecule has 1 saturated heterocycles. The number of nitrogens with zero attached hydrogens (tertiary/aromatic N) is 5. The summed E-state index contributed by atoms with van der Waals surface area (Å²) in [7, 11) is 0. The normalized spacial score (nSPS) is 16.0. The van der Waals surface area contributed by atoms with Crippen molar-refractivity contribution in [2.45, 2.75) is 6.42 Å². The van der Waals surface area contributed by atoms with Crippen molar-refractivity contribution in [1.29, 1.82) is 0 Å². The first-order valence-electron chi connectivity index (χ1n) is 9.51. The lowest BCUT2D eigenvalue weighted by molar-refractivity contribution is -0.126. The van der Waals surface area contributed by atoms with E-state index in [2.05, 4.69) is 25.9 Å². The standard InChI is InChI=1S/C20H20ClN7O2/c21-15-2-4-16(5-3-15)27-13-14(12-19(27)29)20(30)23-10-9-22-17-6-7-18(26-25-17)28-11-1-8-24-28/h1-8,11,14H,9-10,12-13H2,(H,22,25)(H,23,30). The van der Waals surface area contributed by atoms with Crippen molar-refractivity contribution in [1.82, 2.24) is 25.3 Å². The highest BCUT2D eigenvalue weighted by Gasteiger charge is 2.34. The van der Waals surface area contributed by atoms with Crippen molar-refractivity contribution in [3.63, 3.8) is 0 Å². The molecule has 9 nitrogen and oxygen atoms in total. The summed E-state index contributed by atoms with van der Waals surface area (Å²) in [5.74, 6) is 0.645. The average Bonchev–Trinajstić information content (AvgIpc) is 3.42. The molecule has 0 radical (unpaired) electrons. The highest BCUT2D eigenvalue weighted by molar-refractivity contribution is 6.30. The van der Waals surface area contributed by atoms with E-state index in [4.69, 9.17) is 11.6 Å². The Balaban J connectivity index is 1.22. The first kappa shape index (κ1) is 19.8. The third kappa shape index (κ3) is 4.57. The smallest absolute Gasteiger partial charge is 0.227 e. The van der Waals surface area contributed by atoms with Crippen LogP contribution < -0.4 is 15.5 Å². The van der Waals surface area contributed by atoms with Gasteiger partial charge in [-0.15, -0.1) is 10.2 Å². The highest BCUT2D eigenvalue weighted by Crippen LogP contribution is 2.26. The van der Waals surface area contributed by atoms with E-state index in [1.165, 1.54) is 0 Å². The molecule has 0 saturated carbocycles. The van der Waals surface area contributed by atoms with Crippen LogP contribution in [0.25, 0.3) is 5.82 Å². The molecule has 154 valence electrons. The fraction of sp³-hybridized carbons (Fsp3) is 0.250. The van der Waals surface area contributed by atoms with Crippen LogP contribution in [0.5, 0.6) is 0 Å². The minimum atomic E-state index is -0.374. The molecule has 0 bridgehead atoms. The second-order valence-electron chi connectivity index (χ2n) is 6.83. The fourth-order valence-corrected chi connectivity index (χ4v) is 3.35. The molecule has 1 aliphatic heterocycles. The first-order chi connectivity index (χ1) is 14.6. The minimum absolute atomic E-state index is 0.0665. The molecule has 1 unspecified atom stereocenters. The van der Waals surface area contributed by atoms with Crippen molar-refractivity contribution in [3.8, 4) is 5.82 Å². The first-order valence-corrected chi connectivity index (χ1v) is 9.89. The molecular formula is C20H20ClN7O2. The van der Waals surface area contributed by atoms with E-state index in [0.717, 1.165) is 5.69 Å². The predicted octanol–water partition coefficient (Wildman–Crippen LogP) is 1.90. The topological polar surface area (TPSA) is 105 Å². The second kappa shape index (κ2) is 8.91. The maximum absolute atomic E-state index is 12.4. The van der Waals surface area contributed by atoms with Crippen molar-refractivity contribution in [3.05, 3.63) is 59.9 Å². The minimum Gasteiger partial charge on any atom is -0.367 e. The number of amides is 2. The van der Waals surface area contributed by atoms with E-state index in [1.54, 1.807) is 58.4 Å². The zero-order valence-electron chi connectivity index (χ0n) is 16.0. The zero-order valence-corrected chi connectivity index (χ0v) is 16.8. The molecule has 2 amide bonds. The van der Waals surface area contributed by atoms with Gasteiger partial charge in [0, 0.05) is 49.2 Å². The van der Waals surface area contributed by atoms with Gasteiger partial charge < -0.3 is 15.5 Å². The number of rotatable bonds is 7. The molecule has 1 aromatic carbocycles. The SMILES string of the molecule is O=C(NCCNc1ccc(-n2cccn2)nn1)C1CC(=O)N(c2ccc(Cl)cc2)C1. The third-order valence-electron chi connectivity index (χ3n) is 4.75. The number of anilines is 2. The summed E-state index contributed by atoms with van der Waals surface area (Å²) in [4.78, 5) is 26.3. The molecule has 0 spiro atoms. The van der Waals surface area contributed by atoms with Crippen LogP contribution in [0, 0.1) is 5.92 Å². The van der Waals surface area contributed by atoms with Gasteiger partial charge in [0.1, 0.15) is 5.82 Å². The molecule has 1 atom stereocenters. The Bertz CT molecular complexity index is 1010. The Hall–Kier alpha value is -3.46. The van der Waals surface area contributed by atoms with Gasteiger partial charge in [-0.3, -0.25) is 9.59 Å². The molecule has 1 aliphatic rings. The van der Waals surface area contributed by atoms with Gasteiger partial charge in [-0.2, -0.15) is 5.10 Å². The van der Waals surface area contributed by atoms with Crippen LogP contribution in [-0.4, -0.2) is 51.4 Å². The number of carbonyl (C=O) groups excluding carboxylic acids is 2. The van der Waals surface area contributed by atoms with Gasteiger partial charge in [0.15, 0.2) is 5.82 Å². The number of carbonyl (C=O) groups is 2. The van der Waals surface area contributed by atoms with Gasteiger partial charge >= 0.3 is 0 Å². The van der Waals surface area contributed by atoms with Crippen LogP contribution in [0.2, 0.25) is 5.02 Å². The van der Waals surface area contributed by atoms with E-state index in [-0.39, 0.29) is 24.2 Å². The van der Waals surface area contributed by atoms with E-state index < -0.39 is 0 Å². The Morgan fingerprint density at radius 1 is 1.13 bits per heavy atom. The summed E-state index contributed by atoms with van der Waals surface area (Å²) in [5, 5.41) is 18.9. The maximum atomic E-state index is 12.4. The van der Waals surface area contributed by atoms with E-state index in [9.17, 15) is 9.59 Å². The summed E-state index contributed by atoms with van der Waals surface area (Å²) in [6, 6.07) is 12.4. The summed E-state index contributed by atoms with van der Waals surface area (Å²) in [6.45, 7) is 1.26. The molecule has 2 aromatic heterocycles. The molecular weight excluding hydrogens is 406 g/mol. The van der Waals surface area contributed by atoms with E-state index >= 15 is 0 Å². The van der Waals surface area contributed by atoms with Crippen LogP contribution in [0.15, 0.2) is 54.9 Å². The van der Waals surface area contributed by atoms with Gasteiger partial charge in [0.05, 0.1) is 5.92 Å². The van der Waals surface area contributed by atoms with Crippen LogP contribution in [0.3, 0.4) is 0 Å². The van der Waals surface area contributed by atoms with Crippen LogP contribution >= 0.6 is 11.6 Å². The molecule has 2 N–H and O–H groups in total. The largest absolute Gasteiger partial charge is 0.367 e. The summed E-state index contributed by atoms with van der Waals surface area (Å²) in [6.07, 6.45) is 3.65. The Kier molecular flexibility index (Phi) is 5.89. The van der Waals surface area contributed by atoms with Crippen LogP contribution in [0.4, 0.5) is 11.5 Å². The Morgan fingerprint density at radius 2 is 1.97 bits per heavy atom. The van der Waals surface area contributed by atoms with E-state index in [0.29, 0.717) is 36.3 Å². The van der Waals surface area contributed by atoms with Gasteiger partial charge in [-0.05, 0) is 42.5 Å². The summed E-state index contributed by atoms with van der Waals surface area (Å²) in [5.41, 5.74) is 0.749. The van der Waals surface area contributed by atoms with Gasteiger partial charge in [0.25, 0.3) is 0 Å². The molecule has 4 rings (SSSR count). The Labute approximate surface area is 178 Å². The lowest BCUT2D eigenvalue weighted by atomic mass is 10.1. The fourth-order valence-electron chi connectivity index (χ4n) is 3.22. The van der Waals surface area contributed by atoms with Gasteiger partial charge in [-0.25, -0.2) is 4.68 Å². The quantitative estimate of drug-likeness (QED) is 0.560. The molecule has 0 aliphatic carbocycles. The second-order valence-corrected chi connectivity index (χ2v) is 7.26. The number of hydrogen-bond acceptors (Lipinski definition) is 6. The maximum Gasteiger partial charge on any atom is 0.227 e. The average molecular weight is 426 g/mol. The van der Waals surface area contributed by atoms with Crippen LogP contribution in [0.1, 0.15) is 6.42 Å². The molecule has 30 heavy (non-hydrogen) atoms. The molecule has 3 aromatic rings. The third-order valence-corrected chi connectivity index (χ3v) is 5.01. The number of halogens is 1. The van der Waals surface area contributed by atoms with Crippen molar-refractivity contribution < 1.29 is 9.59 Å². The van der Waals surface area contributed by atoms with Crippen molar-refractivity contribution in [2.24, 2.45) is 5.92 Å².